The summed E-state index contributed by atoms with van der Waals surface area (Å²) < 4.78 is 29.1. The molecule has 3 aromatic rings. The molecule has 1 aliphatic rings. The maximum Gasteiger partial charge on any atom is 0.636 e. The van der Waals surface area contributed by atoms with Crippen molar-refractivity contribution in [1.82, 2.24) is 14.9 Å². The third-order valence-electron chi connectivity index (χ3n) is 8.18. The first-order valence-electron chi connectivity index (χ1n) is 14.9. The van der Waals surface area contributed by atoms with Gasteiger partial charge in [-0.15, -0.1) is 0 Å². The SMILES string of the molecule is Cc1nc(OCCO[Si](C)(C)C(C)(C)C)nc(C)c1-c1cccc(COc2ccc(B3OC(O)=CN(C)/C=C(/O)O3)cc2)c1C. The first-order valence-corrected chi connectivity index (χ1v) is 17.9. The number of ether oxygens (including phenoxy) is 2. The summed E-state index contributed by atoms with van der Waals surface area (Å²) in [6.07, 6.45) is 2.65. The fraction of sp³-hybridized carbons (Fsp3) is 0.394. The van der Waals surface area contributed by atoms with E-state index in [-0.39, 0.29) is 16.9 Å². The second-order valence-electron chi connectivity index (χ2n) is 12.6. The second-order valence-corrected chi connectivity index (χ2v) is 17.4. The van der Waals surface area contributed by atoms with E-state index in [2.05, 4.69) is 56.8 Å². The van der Waals surface area contributed by atoms with Gasteiger partial charge in [-0.25, -0.2) is 0 Å². The lowest BCUT2D eigenvalue weighted by atomic mass is 9.79. The van der Waals surface area contributed by atoms with Crippen LogP contribution in [-0.4, -0.2) is 60.8 Å². The summed E-state index contributed by atoms with van der Waals surface area (Å²) in [5.41, 5.74) is 6.39. The molecule has 0 spiro atoms. The molecule has 0 unspecified atom stereocenters. The van der Waals surface area contributed by atoms with Gasteiger partial charge in [-0.3, -0.25) is 0 Å². The van der Waals surface area contributed by atoms with Crippen molar-refractivity contribution in [3.63, 3.8) is 0 Å². The van der Waals surface area contributed by atoms with Gasteiger partial charge in [0.2, 0.25) is 0 Å². The standard InChI is InChI=1S/C33H44BN3O7Si/c1-22-25(21-41-27-15-13-26(14-16-27)34-43-29(38)19-37(7)20-30(39)44-34)11-10-12-28(22)31-23(2)35-32(36-24(31)3)40-17-18-42-45(8,9)33(4,5)6/h10-16,19-20,38-39H,17-18,21H2,1-9H3/b29-19-,30-20?. The summed E-state index contributed by atoms with van der Waals surface area (Å²) in [6, 6.07) is 13.5. The number of aliphatic hydroxyl groups is 2. The van der Waals surface area contributed by atoms with Gasteiger partial charge in [0.05, 0.1) is 30.4 Å². The maximum absolute atomic E-state index is 10.0. The molecule has 0 aliphatic carbocycles. The molecule has 2 aromatic carbocycles. The number of rotatable bonds is 10. The van der Waals surface area contributed by atoms with E-state index in [1.54, 1.807) is 31.3 Å². The van der Waals surface area contributed by atoms with Crippen molar-refractivity contribution in [2.75, 3.05) is 20.3 Å². The van der Waals surface area contributed by atoms with Crippen LogP contribution < -0.4 is 14.9 Å². The molecule has 12 heteroatoms. The monoisotopic (exact) mass is 633 g/mol. The Hall–Kier alpha value is -4.16. The summed E-state index contributed by atoms with van der Waals surface area (Å²) in [7, 11) is -1.24. The van der Waals surface area contributed by atoms with Gasteiger partial charge in [-0.2, -0.15) is 9.97 Å². The maximum atomic E-state index is 10.0. The summed E-state index contributed by atoms with van der Waals surface area (Å²) in [5, 5.41) is 20.1. The Morgan fingerprint density at radius 3 is 2.04 bits per heavy atom. The van der Waals surface area contributed by atoms with Crippen molar-refractivity contribution < 1.29 is 33.4 Å². The minimum atomic E-state index is -1.84. The molecule has 10 nitrogen and oxygen atoms in total. The van der Waals surface area contributed by atoms with Gasteiger partial charge < -0.3 is 38.3 Å². The average molecular weight is 634 g/mol. The van der Waals surface area contributed by atoms with E-state index >= 15 is 0 Å². The van der Waals surface area contributed by atoms with E-state index in [0.29, 0.717) is 37.0 Å². The smallest absolute Gasteiger partial charge is 0.494 e. The predicted molar refractivity (Wildman–Crippen MR) is 178 cm³/mol. The van der Waals surface area contributed by atoms with Gasteiger partial charge in [0, 0.05) is 18.1 Å². The third kappa shape index (κ3) is 8.52. The molecule has 0 atom stereocenters. The molecule has 0 amide bonds. The van der Waals surface area contributed by atoms with E-state index in [0.717, 1.165) is 33.6 Å². The van der Waals surface area contributed by atoms with Crippen molar-refractivity contribution in [3.8, 4) is 22.9 Å². The summed E-state index contributed by atoms with van der Waals surface area (Å²) >= 11 is 0. The van der Waals surface area contributed by atoms with Crippen molar-refractivity contribution >= 4 is 20.9 Å². The lowest BCUT2D eigenvalue weighted by molar-refractivity contribution is 0.124. The Kier molecular flexibility index (Phi) is 10.4. The number of nitrogens with zero attached hydrogens (tertiary/aromatic N) is 3. The van der Waals surface area contributed by atoms with Gasteiger partial charge in [-0.05, 0) is 67.7 Å². The van der Waals surface area contributed by atoms with Gasteiger partial charge in [0.15, 0.2) is 8.32 Å². The number of hydrogen-bond acceptors (Lipinski definition) is 10. The Morgan fingerprint density at radius 2 is 1.47 bits per heavy atom. The van der Waals surface area contributed by atoms with Crippen molar-refractivity contribution in [1.29, 1.82) is 0 Å². The van der Waals surface area contributed by atoms with Crippen LogP contribution in [0.25, 0.3) is 11.1 Å². The van der Waals surface area contributed by atoms with Crippen LogP contribution in [0.3, 0.4) is 0 Å². The lowest BCUT2D eigenvalue weighted by Gasteiger charge is -2.36. The Balaban J connectivity index is 1.41. The zero-order chi connectivity index (χ0) is 32.9. The van der Waals surface area contributed by atoms with Crippen LogP contribution in [0, 0.1) is 20.8 Å². The number of aliphatic hydroxyl groups excluding tert-OH is 2. The fourth-order valence-electron chi connectivity index (χ4n) is 4.61. The molecule has 0 radical (unpaired) electrons. The molecule has 1 aromatic heterocycles. The number of hydrogen-bond donors (Lipinski definition) is 2. The molecule has 240 valence electrons. The molecule has 2 N–H and O–H groups in total. The molecule has 0 saturated carbocycles. The van der Waals surface area contributed by atoms with Crippen LogP contribution in [0.2, 0.25) is 18.1 Å². The number of aryl methyl sites for hydroxylation is 2. The molecule has 0 fully saturated rings. The quantitative estimate of drug-likeness (QED) is 0.191. The summed E-state index contributed by atoms with van der Waals surface area (Å²) in [4.78, 5) is 10.7. The summed E-state index contributed by atoms with van der Waals surface area (Å²) in [5.74, 6) is -0.0401. The molecule has 0 saturated heterocycles. The Bertz CT molecular complexity index is 1510. The fourth-order valence-corrected chi connectivity index (χ4v) is 5.63. The normalized spacial score (nSPS) is 15.2. The summed E-state index contributed by atoms with van der Waals surface area (Å²) in [6.45, 7) is 18.4. The average Bonchev–Trinajstić information content (AvgIpc) is 2.93. The molecular weight excluding hydrogens is 589 g/mol. The van der Waals surface area contributed by atoms with Crippen LogP contribution >= 0.6 is 0 Å². The topological polar surface area (TPSA) is 116 Å². The van der Waals surface area contributed by atoms with Gasteiger partial charge in [-0.1, -0.05) is 51.1 Å². The van der Waals surface area contributed by atoms with Gasteiger partial charge in [0.1, 0.15) is 19.0 Å². The minimum absolute atomic E-state index is 0.143. The van der Waals surface area contributed by atoms with E-state index in [4.69, 9.17) is 23.2 Å². The van der Waals surface area contributed by atoms with E-state index < -0.39 is 15.4 Å². The van der Waals surface area contributed by atoms with Crippen molar-refractivity contribution in [2.45, 2.75) is 66.3 Å². The molecule has 45 heavy (non-hydrogen) atoms. The first kappa shape index (κ1) is 33.7. The Morgan fingerprint density at radius 1 is 0.867 bits per heavy atom. The predicted octanol–water partition coefficient (Wildman–Crippen LogP) is 6.44. The van der Waals surface area contributed by atoms with Crippen molar-refractivity contribution in [3.05, 3.63) is 89.3 Å². The highest BCUT2D eigenvalue weighted by molar-refractivity contribution is 6.74. The van der Waals surface area contributed by atoms with Crippen molar-refractivity contribution in [2.24, 2.45) is 0 Å². The first-order chi connectivity index (χ1) is 21.1. The van der Waals surface area contributed by atoms with Crippen LogP contribution in [-0.2, 0) is 20.3 Å². The highest BCUT2D eigenvalue weighted by atomic mass is 28.4. The zero-order valence-corrected chi connectivity index (χ0v) is 28.7. The van der Waals surface area contributed by atoms with Gasteiger partial charge >= 0.3 is 13.1 Å². The van der Waals surface area contributed by atoms with E-state index in [1.807, 2.05) is 26.0 Å². The third-order valence-corrected chi connectivity index (χ3v) is 12.7. The molecule has 2 heterocycles. The highest BCUT2D eigenvalue weighted by Gasteiger charge is 2.37. The Labute approximate surface area is 267 Å². The minimum Gasteiger partial charge on any atom is -0.494 e. The van der Waals surface area contributed by atoms with Crippen LogP contribution in [0.15, 0.2) is 66.8 Å². The largest absolute Gasteiger partial charge is 0.636 e. The van der Waals surface area contributed by atoms with Gasteiger partial charge in [0.25, 0.3) is 11.9 Å². The molecular formula is C33H44BN3O7Si. The second kappa shape index (κ2) is 13.9. The number of benzene rings is 2. The highest BCUT2D eigenvalue weighted by Crippen LogP contribution is 2.36. The lowest BCUT2D eigenvalue weighted by Crippen LogP contribution is -2.41. The molecule has 1 aliphatic heterocycles. The number of aromatic nitrogens is 2. The van der Waals surface area contributed by atoms with Crippen LogP contribution in [0.5, 0.6) is 11.8 Å². The zero-order valence-electron chi connectivity index (χ0n) is 27.7. The molecule has 4 rings (SSSR count). The van der Waals surface area contributed by atoms with E-state index in [1.165, 1.54) is 17.3 Å². The van der Waals surface area contributed by atoms with Crippen LogP contribution in [0.1, 0.15) is 43.3 Å². The molecule has 0 bridgehead atoms. The van der Waals surface area contributed by atoms with E-state index in [9.17, 15) is 10.2 Å². The van der Waals surface area contributed by atoms with Crippen LogP contribution in [0.4, 0.5) is 0 Å².